The SMILES string of the molecule is [Cl-].[Cl-].[Cl-].[Cl-].[Cs+].[Cs+].[Cs+].[Cs+]. The summed E-state index contributed by atoms with van der Waals surface area (Å²) in [5.41, 5.74) is 0. The van der Waals surface area contributed by atoms with E-state index >= 15 is 0 Å². The van der Waals surface area contributed by atoms with Crippen molar-refractivity contribution in [2.75, 3.05) is 0 Å². The van der Waals surface area contributed by atoms with Gasteiger partial charge in [0.25, 0.3) is 0 Å². The second-order valence-corrected chi connectivity index (χ2v) is 0. The minimum atomic E-state index is 0. The van der Waals surface area contributed by atoms with E-state index in [0.717, 1.165) is 0 Å². The Morgan fingerprint density at radius 1 is 0.250 bits per heavy atom. The largest absolute Gasteiger partial charge is 1.00 e. The molecule has 0 heterocycles. The van der Waals surface area contributed by atoms with Crippen molar-refractivity contribution < 1.29 is 325 Å². The maximum Gasteiger partial charge on any atom is 1.00 e. The Bertz CT molecular complexity index is 8.00. The molecule has 0 atom stereocenters. The Morgan fingerprint density at radius 2 is 0.250 bits per heavy atom. The van der Waals surface area contributed by atoms with Crippen molar-refractivity contribution >= 4 is 0 Å². The van der Waals surface area contributed by atoms with E-state index in [2.05, 4.69) is 0 Å². The van der Waals surface area contributed by atoms with Gasteiger partial charge in [-0.1, -0.05) is 0 Å². The molecule has 0 spiro atoms. The molecule has 0 radical (unpaired) electrons. The van der Waals surface area contributed by atoms with Gasteiger partial charge in [-0.05, 0) is 0 Å². The van der Waals surface area contributed by atoms with Crippen molar-refractivity contribution in [2.45, 2.75) is 0 Å². The Kier molecular flexibility index (Phi) is 292. The third-order valence-corrected chi connectivity index (χ3v) is 0. The third-order valence-electron chi connectivity index (χ3n) is 0. The molecule has 8 heteroatoms. The maximum absolute atomic E-state index is 0. The molecule has 0 aromatic heterocycles. The van der Waals surface area contributed by atoms with Crippen LogP contribution in [0.3, 0.4) is 0 Å². The summed E-state index contributed by atoms with van der Waals surface area (Å²) < 4.78 is 0. The summed E-state index contributed by atoms with van der Waals surface area (Å²) in [6, 6.07) is 0. The second-order valence-electron chi connectivity index (χ2n) is 0. The van der Waals surface area contributed by atoms with Crippen LogP contribution >= 0.6 is 0 Å². The van der Waals surface area contributed by atoms with Gasteiger partial charge in [-0.2, -0.15) is 0 Å². The predicted octanol–water partition coefficient (Wildman–Crippen LogP) is -24.0. The minimum absolute atomic E-state index is 0. The number of hydrogen-bond donors (Lipinski definition) is 0. The molecule has 0 aromatic rings. The van der Waals surface area contributed by atoms with Crippen LogP contribution in [0.5, 0.6) is 0 Å². The molecular formula is Cl4Cs4. The van der Waals surface area contributed by atoms with Crippen LogP contribution in [-0.2, 0) is 0 Å². The summed E-state index contributed by atoms with van der Waals surface area (Å²) in [6.07, 6.45) is 0. The van der Waals surface area contributed by atoms with Gasteiger partial charge in [0.05, 0.1) is 0 Å². The van der Waals surface area contributed by atoms with E-state index < -0.39 is 0 Å². The topological polar surface area (TPSA) is 0 Å². The quantitative estimate of drug-likeness (QED) is 0.240. The Balaban J connectivity index is 0. The molecule has 0 nitrogen and oxygen atoms in total. The van der Waals surface area contributed by atoms with Gasteiger partial charge in [0.15, 0.2) is 0 Å². The first-order valence-electron chi connectivity index (χ1n) is 0. The van der Waals surface area contributed by atoms with Crippen LogP contribution in [0.1, 0.15) is 0 Å². The molecule has 0 aliphatic rings. The average molecular weight is 673 g/mol. The van der Waals surface area contributed by atoms with Crippen molar-refractivity contribution in [1.29, 1.82) is 0 Å². The summed E-state index contributed by atoms with van der Waals surface area (Å²) in [7, 11) is 0. The molecule has 0 aliphatic carbocycles. The van der Waals surface area contributed by atoms with E-state index in [0.29, 0.717) is 0 Å². The summed E-state index contributed by atoms with van der Waals surface area (Å²) in [6.45, 7) is 0. The molecule has 0 saturated heterocycles. The van der Waals surface area contributed by atoms with Crippen LogP contribution in [0.4, 0.5) is 0 Å². The van der Waals surface area contributed by atoms with Gasteiger partial charge in [0.2, 0.25) is 0 Å². The summed E-state index contributed by atoms with van der Waals surface area (Å²) in [5.74, 6) is 0. The van der Waals surface area contributed by atoms with E-state index in [9.17, 15) is 0 Å². The maximum atomic E-state index is 0. The Labute approximate surface area is 311 Å². The van der Waals surface area contributed by atoms with Crippen LogP contribution in [0.25, 0.3) is 0 Å². The predicted molar refractivity (Wildman–Crippen MR) is 0 cm³/mol. The first-order valence-corrected chi connectivity index (χ1v) is 0. The number of rotatable bonds is 0. The fraction of sp³-hybridized carbons (Fsp3) is 0. The van der Waals surface area contributed by atoms with Crippen molar-refractivity contribution in [3.8, 4) is 0 Å². The zero-order valence-corrected chi connectivity index (χ0v) is 33.7. The molecular weight excluding hydrogens is 673 g/mol. The summed E-state index contributed by atoms with van der Waals surface area (Å²) >= 11 is 0. The van der Waals surface area contributed by atoms with E-state index in [4.69, 9.17) is 0 Å². The first-order chi connectivity index (χ1) is 0. The van der Waals surface area contributed by atoms with Gasteiger partial charge < -0.3 is 49.6 Å². The van der Waals surface area contributed by atoms with E-state index in [1.54, 1.807) is 0 Å². The van der Waals surface area contributed by atoms with Crippen molar-refractivity contribution in [1.82, 2.24) is 0 Å². The molecule has 0 unspecified atom stereocenters. The van der Waals surface area contributed by atoms with Crippen molar-refractivity contribution in [3.63, 3.8) is 0 Å². The van der Waals surface area contributed by atoms with Gasteiger partial charge in [-0.3, -0.25) is 0 Å². The molecule has 0 bridgehead atoms. The fourth-order valence-electron chi connectivity index (χ4n) is 0. The van der Waals surface area contributed by atoms with Crippen LogP contribution < -0.4 is 325 Å². The van der Waals surface area contributed by atoms with E-state index in [1.807, 2.05) is 0 Å². The van der Waals surface area contributed by atoms with E-state index in [-0.39, 0.29) is 325 Å². The van der Waals surface area contributed by atoms with E-state index in [1.165, 1.54) is 0 Å². The Morgan fingerprint density at radius 3 is 0.250 bits per heavy atom. The van der Waals surface area contributed by atoms with Crippen LogP contribution in [0.2, 0.25) is 0 Å². The zero-order chi connectivity index (χ0) is 0. The Hall–Kier alpha value is 9.37. The fourth-order valence-corrected chi connectivity index (χ4v) is 0. The average Bonchev–Trinajstić information content (AvgIpc) is 0. The molecule has 0 amide bonds. The molecule has 0 aromatic carbocycles. The number of halogens is 4. The third kappa shape index (κ3) is 36.2. The van der Waals surface area contributed by atoms with Gasteiger partial charge in [0, 0.05) is 0 Å². The van der Waals surface area contributed by atoms with Crippen LogP contribution in [0, 0.1) is 0 Å². The normalized spacial score (nSPS) is 0. The van der Waals surface area contributed by atoms with Crippen LogP contribution in [-0.4, -0.2) is 0 Å². The van der Waals surface area contributed by atoms with Crippen LogP contribution in [0.15, 0.2) is 0 Å². The van der Waals surface area contributed by atoms with Gasteiger partial charge >= 0.3 is 276 Å². The minimum Gasteiger partial charge on any atom is -1.00 e. The molecule has 0 aliphatic heterocycles. The number of hydrogen-bond acceptors (Lipinski definition) is 0. The monoisotopic (exact) mass is 671 g/mol. The molecule has 8 heavy (non-hydrogen) atoms. The van der Waals surface area contributed by atoms with Gasteiger partial charge in [0.1, 0.15) is 0 Å². The zero-order valence-electron chi connectivity index (χ0n) is 5.51. The summed E-state index contributed by atoms with van der Waals surface area (Å²) in [4.78, 5) is 0. The summed E-state index contributed by atoms with van der Waals surface area (Å²) in [5, 5.41) is 0. The smallest absolute Gasteiger partial charge is 1.00 e. The van der Waals surface area contributed by atoms with Gasteiger partial charge in [-0.25, -0.2) is 0 Å². The molecule has 0 saturated carbocycles. The molecule has 32 valence electrons. The molecule has 0 N–H and O–H groups in total. The van der Waals surface area contributed by atoms with Gasteiger partial charge in [-0.15, -0.1) is 0 Å². The first kappa shape index (κ1) is 53.0. The molecule has 0 rings (SSSR count). The van der Waals surface area contributed by atoms with Crippen molar-refractivity contribution in [2.24, 2.45) is 0 Å². The standard InChI is InChI=1S/4ClH.4Cs/h4*1H;;;;/q;;;;4*+1/p-4. The molecule has 0 fully saturated rings. The second kappa shape index (κ2) is 44.0. The van der Waals surface area contributed by atoms with Crippen molar-refractivity contribution in [3.05, 3.63) is 0 Å².